The van der Waals surface area contributed by atoms with Crippen LogP contribution in [0, 0.1) is 11.3 Å². The summed E-state index contributed by atoms with van der Waals surface area (Å²) in [7, 11) is 1.97. The number of pyridine rings is 1. The Bertz CT molecular complexity index is 1840. The molecule has 1 aliphatic heterocycles. The summed E-state index contributed by atoms with van der Waals surface area (Å²) in [6.07, 6.45) is 2.24. The first-order valence-corrected chi connectivity index (χ1v) is 15.9. The van der Waals surface area contributed by atoms with Gasteiger partial charge in [0.2, 0.25) is 11.8 Å². The van der Waals surface area contributed by atoms with E-state index in [2.05, 4.69) is 30.4 Å². The summed E-state index contributed by atoms with van der Waals surface area (Å²) in [4.78, 5) is 17.7. The Balaban J connectivity index is 1.15. The highest BCUT2D eigenvalue weighted by molar-refractivity contribution is 6.00. The minimum absolute atomic E-state index is 0.127. The smallest absolute Gasteiger partial charge is 0.407 e. The second-order valence-electron chi connectivity index (χ2n) is 12.8. The van der Waals surface area contributed by atoms with Crippen LogP contribution in [0.5, 0.6) is 11.8 Å². The predicted molar refractivity (Wildman–Crippen MR) is 178 cm³/mol. The van der Waals surface area contributed by atoms with Crippen LogP contribution in [0.3, 0.4) is 0 Å². The lowest BCUT2D eigenvalue weighted by Gasteiger charge is -2.54. The van der Waals surface area contributed by atoms with E-state index in [1.54, 1.807) is 0 Å². The lowest BCUT2D eigenvalue weighted by atomic mass is 9.64. The monoisotopic (exact) mass is 617 g/mol. The summed E-state index contributed by atoms with van der Waals surface area (Å²) in [5.41, 5.74) is 5.88. The van der Waals surface area contributed by atoms with Crippen LogP contribution >= 0.6 is 0 Å². The summed E-state index contributed by atoms with van der Waals surface area (Å²) >= 11 is 0. The number of benzene rings is 3. The first-order valence-electron chi connectivity index (χ1n) is 15.9. The van der Waals surface area contributed by atoms with E-state index in [1.807, 2.05) is 84.5 Å². The van der Waals surface area contributed by atoms with Crippen LogP contribution < -0.4 is 14.8 Å². The summed E-state index contributed by atoms with van der Waals surface area (Å²) < 4.78 is 14.4. The van der Waals surface area contributed by atoms with Gasteiger partial charge in [0.25, 0.3) is 0 Å². The highest BCUT2D eigenvalue weighted by Gasteiger charge is 2.49. The van der Waals surface area contributed by atoms with Crippen molar-refractivity contribution in [1.29, 1.82) is 0 Å². The molecule has 5 aromatic rings. The zero-order chi connectivity index (χ0) is 31.7. The van der Waals surface area contributed by atoms with Gasteiger partial charge >= 0.3 is 6.09 Å². The second kappa shape index (κ2) is 12.4. The van der Waals surface area contributed by atoms with E-state index >= 15 is 0 Å². The molecule has 0 radical (unpaired) electrons. The van der Waals surface area contributed by atoms with E-state index in [-0.39, 0.29) is 5.41 Å². The van der Waals surface area contributed by atoms with Crippen molar-refractivity contribution >= 4 is 22.7 Å². The van der Waals surface area contributed by atoms with Crippen LogP contribution in [0.4, 0.5) is 10.5 Å². The minimum Gasteiger partial charge on any atom is -0.473 e. The number of hydrogen-bond donors (Lipinski definition) is 2. The molecular formula is C37H39N5O4. The number of ether oxygens (including phenoxy) is 2. The molecule has 2 N–H and O–H groups in total. The zero-order valence-corrected chi connectivity index (χ0v) is 26.2. The minimum atomic E-state index is -0.810. The first kappa shape index (κ1) is 29.6. The number of carbonyl (C=O) groups is 1. The van der Waals surface area contributed by atoms with Crippen molar-refractivity contribution in [3.8, 4) is 23.0 Å². The van der Waals surface area contributed by atoms with Crippen LogP contribution in [-0.2, 0) is 20.3 Å². The zero-order valence-electron chi connectivity index (χ0n) is 26.2. The normalized spacial score (nSPS) is 18.7. The van der Waals surface area contributed by atoms with Crippen molar-refractivity contribution in [2.75, 3.05) is 18.4 Å². The molecule has 2 atom stereocenters. The maximum Gasteiger partial charge on any atom is 0.407 e. The molecule has 9 nitrogen and oxygen atoms in total. The Kier molecular flexibility index (Phi) is 7.98. The van der Waals surface area contributed by atoms with Gasteiger partial charge in [-0.15, -0.1) is 0 Å². The SMILES string of the molecule is C[C@H]1CC2(CC[C@H]1Nc1cccc3c(-c4ccc(OCc5ccccc5)nc4OCc4ccccc4)nn(C)c13)CN(C(=O)O)C2. The number of para-hydroxylation sites is 1. The molecule has 7 rings (SSSR count). The van der Waals surface area contributed by atoms with E-state index in [0.29, 0.717) is 50.0 Å². The fourth-order valence-corrected chi connectivity index (χ4v) is 7.18. The van der Waals surface area contributed by atoms with E-state index in [4.69, 9.17) is 19.6 Å². The van der Waals surface area contributed by atoms with Gasteiger partial charge < -0.3 is 24.8 Å². The average molecular weight is 618 g/mol. The Labute approximate surface area is 268 Å². The molecule has 46 heavy (non-hydrogen) atoms. The Hall–Kier alpha value is -5.05. The third kappa shape index (κ3) is 5.97. The highest BCUT2D eigenvalue weighted by atomic mass is 16.5. The first-order chi connectivity index (χ1) is 22.4. The summed E-state index contributed by atoms with van der Waals surface area (Å²) in [6, 6.07) is 30.5. The number of anilines is 1. The van der Waals surface area contributed by atoms with Gasteiger partial charge in [0.1, 0.15) is 18.9 Å². The molecule has 1 amide bonds. The van der Waals surface area contributed by atoms with Crippen LogP contribution in [0.15, 0.2) is 91.0 Å². The molecule has 3 aromatic carbocycles. The molecule has 0 unspecified atom stereocenters. The van der Waals surface area contributed by atoms with Crippen molar-refractivity contribution < 1.29 is 19.4 Å². The van der Waals surface area contributed by atoms with Gasteiger partial charge in [-0.1, -0.05) is 79.7 Å². The summed E-state index contributed by atoms with van der Waals surface area (Å²) in [6.45, 7) is 4.36. The van der Waals surface area contributed by atoms with Gasteiger partial charge in [-0.05, 0) is 48.4 Å². The van der Waals surface area contributed by atoms with Gasteiger partial charge in [0.05, 0.1) is 16.8 Å². The molecule has 3 heterocycles. The summed E-state index contributed by atoms with van der Waals surface area (Å²) in [5.74, 6) is 1.37. The molecule has 236 valence electrons. The quantitative estimate of drug-likeness (QED) is 0.178. The molecule has 1 saturated carbocycles. The molecule has 1 spiro atoms. The van der Waals surface area contributed by atoms with Gasteiger partial charge in [0, 0.05) is 43.0 Å². The van der Waals surface area contributed by atoms with Crippen LogP contribution in [-0.4, -0.2) is 50.0 Å². The standard InChI is InChI=1S/C37H39N5O4/c1-25-20-37(23-42(24-37)36(43)44)19-18-30(25)38-31-15-9-14-28-33(40-41(2)34(28)31)29-16-17-32(45-21-26-10-5-3-6-11-26)39-35(29)46-22-27-12-7-4-8-13-27/h3-17,25,30,38H,18-24H2,1-2H3,(H,43,44)/t25-,30+/m0/s1. The Morgan fingerprint density at radius 1 is 0.935 bits per heavy atom. The second-order valence-corrected chi connectivity index (χ2v) is 12.8. The third-order valence-electron chi connectivity index (χ3n) is 9.49. The molecule has 2 fully saturated rings. The number of aromatic nitrogens is 3. The molecule has 0 bridgehead atoms. The maximum absolute atomic E-state index is 11.4. The van der Waals surface area contributed by atoms with Crippen molar-refractivity contribution in [1.82, 2.24) is 19.7 Å². The van der Waals surface area contributed by atoms with Crippen molar-refractivity contribution in [2.45, 2.75) is 45.4 Å². The largest absolute Gasteiger partial charge is 0.473 e. The highest BCUT2D eigenvalue weighted by Crippen LogP contribution is 2.47. The van der Waals surface area contributed by atoms with Gasteiger partial charge in [-0.25, -0.2) is 4.79 Å². The number of hydrogen-bond acceptors (Lipinski definition) is 6. The molecule has 1 saturated heterocycles. The van der Waals surface area contributed by atoms with E-state index in [0.717, 1.165) is 58.2 Å². The van der Waals surface area contributed by atoms with Gasteiger partial charge in [-0.3, -0.25) is 4.68 Å². The Morgan fingerprint density at radius 2 is 1.63 bits per heavy atom. The van der Waals surface area contributed by atoms with Crippen LogP contribution in [0.2, 0.25) is 0 Å². The topological polar surface area (TPSA) is 102 Å². The van der Waals surface area contributed by atoms with Crippen LogP contribution in [0.25, 0.3) is 22.2 Å². The molecule has 1 aliphatic carbocycles. The number of likely N-dealkylation sites (tertiary alicyclic amines) is 1. The fraction of sp³-hybridized carbons (Fsp3) is 0.324. The van der Waals surface area contributed by atoms with E-state index < -0.39 is 6.09 Å². The summed E-state index contributed by atoms with van der Waals surface area (Å²) in [5, 5.41) is 19.2. The van der Waals surface area contributed by atoms with Crippen molar-refractivity contribution in [3.63, 3.8) is 0 Å². The number of rotatable bonds is 9. The predicted octanol–water partition coefficient (Wildman–Crippen LogP) is 7.37. The number of fused-ring (bicyclic) bond motifs is 1. The number of amides is 1. The fourth-order valence-electron chi connectivity index (χ4n) is 7.18. The molecular weight excluding hydrogens is 578 g/mol. The average Bonchev–Trinajstić information content (AvgIpc) is 3.40. The lowest BCUT2D eigenvalue weighted by molar-refractivity contribution is -0.0307. The van der Waals surface area contributed by atoms with Gasteiger partial charge in [-0.2, -0.15) is 10.1 Å². The van der Waals surface area contributed by atoms with E-state index in [9.17, 15) is 9.90 Å². The van der Waals surface area contributed by atoms with Gasteiger partial charge in [0.15, 0.2) is 0 Å². The molecule has 2 aliphatic rings. The van der Waals surface area contributed by atoms with Crippen molar-refractivity contribution in [2.24, 2.45) is 18.4 Å². The number of nitrogens with zero attached hydrogens (tertiary/aromatic N) is 4. The number of nitrogens with one attached hydrogen (secondary N) is 1. The van der Waals surface area contributed by atoms with Crippen LogP contribution in [0.1, 0.15) is 37.3 Å². The third-order valence-corrected chi connectivity index (χ3v) is 9.49. The lowest BCUT2D eigenvalue weighted by Crippen LogP contribution is -2.61. The van der Waals surface area contributed by atoms with Crippen molar-refractivity contribution in [3.05, 3.63) is 102 Å². The molecule has 9 heteroatoms. The Morgan fingerprint density at radius 3 is 2.30 bits per heavy atom. The maximum atomic E-state index is 11.4. The van der Waals surface area contributed by atoms with E-state index in [1.165, 1.54) is 4.90 Å². The molecule has 2 aromatic heterocycles. The number of carboxylic acid groups (broad SMARTS) is 1. The number of aryl methyl sites for hydroxylation is 1.